The molecular formula is C10H20O. The maximum absolute atomic E-state index is 9.32. The summed E-state index contributed by atoms with van der Waals surface area (Å²) in [6.07, 6.45) is 9.37. The standard InChI is InChI=1S/C10H20O/c1-3-5-6-7-9-10(11)8-4-2/h3,5,10-11H,4,6-9H2,1-2H3/b5-3+. The van der Waals surface area contributed by atoms with Gasteiger partial charge in [-0.1, -0.05) is 25.5 Å². The molecule has 0 aromatic rings. The fourth-order valence-corrected chi connectivity index (χ4v) is 1.12. The summed E-state index contributed by atoms with van der Waals surface area (Å²) in [5, 5.41) is 9.32. The first kappa shape index (κ1) is 10.7. The molecule has 0 heterocycles. The summed E-state index contributed by atoms with van der Waals surface area (Å²) in [5.74, 6) is 0. The molecule has 0 aliphatic rings. The molecule has 0 aromatic heterocycles. The van der Waals surface area contributed by atoms with Gasteiger partial charge in [0.15, 0.2) is 0 Å². The van der Waals surface area contributed by atoms with E-state index < -0.39 is 0 Å². The summed E-state index contributed by atoms with van der Waals surface area (Å²) >= 11 is 0. The number of allylic oxidation sites excluding steroid dienone is 2. The molecule has 0 aliphatic carbocycles. The van der Waals surface area contributed by atoms with Crippen molar-refractivity contribution in [2.75, 3.05) is 0 Å². The number of rotatable bonds is 6. The Labute approximate surface area is 70.1 Å². The van der Waals surface area contributed by atoms with E-state index in [-0.39, 0.29) is 6.10 Å². The van der Waals surface area contributed by atoms with Gasteiger partial charge in [0, 0.05) is 0 Å². The molecule has 1 N–H and O–H groups in total. The summed E-state index contributed by atoms with van der Waals surface area (Å²) < 4.78 is 0. The van der Waals surface area contributed by atoms with Crippen LogP contribution in [0.25, 0.3) is 0 Å². The van der Waals surface area contributed by atoms with E-state index in [0.717, 1.165) is 32.1 Å². The van der Waals surface area contributed by atoms with Crippen LogP contribution in [-0.2, 0) is 0 Å². The summed E-state index contributed by atoms with van der Waals surface area (Å²) in [7, 11) is 0. The Morgan fingerprint density at radius 1 is 1.36 bits per heavy atom. The Morgan fingerprint density at radius 3 is 2.64 bits per heavy atom. The van der Waals surface area contributed by atoms with E-state index in [0.29, 0.717) is 0 Å². The lowest BCUT2D eigenvalue weighted by Gasteiger charge is -2.06. The quantitative estimate of drug-likeness (QED) is 0.463. The van der Waals surface area contributed by atoms with Gasteiger partial charge in [0.25, 0.3) is 0 Å². The third-order valence-corrected chi connectivity index (χ3v) is 1.77. The van der Waals surface area contributed by atoms with Crippen molar-refractivity contribution in [3.8, 4) is 0 Å². The van der Waals surface area contributed by atoms with Crippen LogP contribution in [0, 0.1) is 0 Å². The Morgan fingerprint density at radius 2 is 2.09 bits per heavy atom. The van der Waals surface area contributed by atoms with Gasteiger partial charge in [-0.15, -0.1) is 0 Å². The summed E-state index contributed by atoms with van der Waals surface area (Å²) in [6, 6.07) is 0. The molecule has 1 atom stereocenters. The topological polar surface area (TPSA) is 20.2 Å². The van der Waals surface area contributed by atoms with Crippen molar-refractivity contribution < 1.29 is 5.11 Å². The van der Waals surface area contributed by atoms with E-state index in [4.69, 9.17) is 0 Å². The summed E-state index contributed by atoms with van der Waals surface area (Å²) in [6.45, 7) is 4.14. The molecule has 0 fully saturated rings. The Bertz CT molecular complexity index is 97.0. The maximum Gasteiger partial charge on any atom is 0.0540 e. The monoisotopic (exact) mass is 156 g/mol. The van der Waals surface area contributed by atoms with Crippen LogP contribution in [0.2, 0.25) is 0 Å². The molecule has 0 amide bonds. The second-order valence-corrected chi connectivity index (χ2v) is 2.94. The van der Waals surface area contributed by atoms with Crippen molar-refractivity contribution in [1.29, 1.82) is 0 Å². The zero-order chi connectivity index (χ0) is 8.53. The molecule has 0 saturated carbocycles. The van der Waals surface area contributed by atoms with Crippen LogP contribution in [0.15, 0.2) is 12.2 Å². The van der Waals surface area contributed by atoms with Gasteiger partial charge >= 0.3 is 0 Å². The highest BCUT2D eigenvalue weighted by Crippen LogP contribution is 2.06. The molecule has 1 heteroatoms. The third-order valence-electron chi connectivity index (χ3n) is 1.77. The lowest BCUT2D eigenvalue weighted by atomic mass is 10.1. The van der Waals surface area contributed by atoms with Crippen LogP contribution >= 0.6 is 0 Å². The minimum absolute atomic E-state index is 0.0646. The van der Waals surface area contributed by atoms with E-state index in [2.05, 4.69) is 19.1 Å². The molecule has 0 aromatic carbocycles. The highest BCUT2D eigenvalue weighted by atomic mass is 16.3. The molecule has 0 radical (unpaired) electrons. The zero-order valence-corrected chi connectivity index (χ0v) is 7.71. The normalized spacial score (nSPS) is 14.1. The van der Waals surface area contributed by atoms with Crippen molar-refractivity contribution in [3.05, 3.63) is 12.2 Å². The molecule has 0 bridgehead atoms. The van der Waals surface area contributed by atoms with Crippen LogP contribution < -0.4 is 0 Å². The second-order valence-electron chi connectivity index (χ2n) is 2.94. The average Bonchev–Trinajstić information content (AvgIpc) is 1.99. The van der Waals surface area contributed by atoms with Crippen molar-refractivity contribution in [1.82, 2.24) is 0 Å². The minimum Gasteiger partial charge on any atom is -0.393 e. The van der Waals surface area contributed by atoms with Crippen LogP contribution in [0.3, 0.4) is 0 Å². The van der Waals surface area contributed by atoms with Gasteiger partial charge in [0.1, 0.15) is 0 Å². The number of hydrogen-bond donors (Lipinski definition) is 1. The predicted octanol–water partition coefficient (Wildman–Crippen LogP) is 2.89. The van der Waals surface area contributed by atoms with E-state index in [9.17, 15) is 5.11 Å². The fraction of sp³-hybridized carbons (Fsp3) is 0.800. The molecular weight excluding hydrogens is 136 g/mol. The molecule has 0 rings (SSSR count). The highest BCUT2D eigenvalue weighted by molar-refractivity contribution is 4.76. The second kappa shape index (κ2) is 7.80. The number of unbranched alkanes of at least 4 members (excludes halogenated alkanes) is 1. The average molecular weight is 156 g/mol. The molecule has 1 unspecified atom stereocenters. The van der Waals surface area contributed by atoms with Gasteiger partial charge in [-0.3, -0.25) is 0 Å². The lowest BCUT2D eigenvalue weighted by Crippen LogP contribution is -2.04. The molecule has 66 valence electrons. The van der Waals surface area contributed by atoms with Gasteiger partial charge in [0.2, 0.25) is 0 Å². The molecule has 1 nitrogen and oxygen atoms in total. The molecule has 0 saturated heterocycles. The Kier molecular flexibility index (Phi) is 7.59. The summed E-state index contributed by atoms with van der Waals surface area (Å²) in [4.78, 5) is 0. The zero-order valence-electron chi connectivity index (χ0n) is 7.71. The van der Waals surface area contributed by atoms with Crippen LogP contribution in [0.5, 0.6) is 0 Å². The van der Waals surface area contributed by atoms with Crippen molar-refractivity contribution in [2.24, 2.45) is 0 Å². The third kappa shape index (κ3) is 7.60. The van der Waals surface area contributed by atoms with E-state index in [1.165, 1.54) is 0 Å². The number of aliphatic hydroxyl groups excluding tert-OH is 1. The lowest BCUT2D eigenvalue weighted by molar-refractivity contribution is 0.151. The molecule has 0 aliphatic heterocycles. The first-order valence-corrected chi connectivity index (χ1v) is 4.60. The first-order valence-electron chi connectivity index (χ1n) is 4.60. The van der Waals surface area contributed by atoms with E-state index in [1.54, 1.807) is 0 Å². The Hall–Kier alpha value is -0.300. The van der Waals surface area contributed by atoms with Gasteiger partial charge in [-0.05, 0) is 32.6 Å². The van der Waals surface area contributed by atoms with Crippen LogP contribution in [-0.4, -0.2) is 11.2 Å². The van der Waals surface area contributed by atoms with Crippen LogP contribution in [0.4, 0.5) is 0 Å². The van der Waals surface area contributed by atoms with Crippen molar-refractivity contribution >= 4 is 0 Å². The smallest absolute Gasteiger partial charge is 0.0540 e. The highest BCUT2D eigenvalue weighted by Gasteiger charge is 1.99. The van der Waals surface area contributed by atoms with Crippen molar-refractivity contribution in [3.63, 3.8) is 0 Å². The van der Waals surface area contributed by atoms with E-state index >= 15 is 0 Å². The van der Waals surface area contributed by atoms with Crippen LogP contribution in [0.1, 0.15) is 46.0 Å². The maximum atomic E-state index is 9.32. The fourth-order valence-electron chi connectivity index (χ4n) is 1.12. The summed E-state index contributed by atoms with van der Waals surface area (Å²) in [5.41, 5.74) is 0. The van der Waals surface area contributed by atoms with Gasteiger partial charge in [0.05, 0.1) is 6.10 Å². The first-order chi connectivity index (χ1) is 5.31. The largest absolute Gasteiger partial charge is 0.393 e. The number of hydrogen-bond acceptors (Lipinski definition) is 1. The van der Waals surface area contributed by atoms with Gasteiger partial charge < -0.3 is 5.11 Å². The SMILES string of the molecule is C/C=C/CCCC(O)CCC. The molecule has 11 heavy (non-hydrogen) atoms. The predicted molar refractivity (Wildman–Crippen MR) is 49.6 cm³/mol. The molecule has 0 spiro atoms. The van der Waals surface area contributed by atoms with E-state index in [1.807, 2.05) is 6.92 Å². The minimum atomic E-state index is -0.0646. The Balaban J connectivity index is 3.10. The van der Waals surface area contributed by atoms with Gasteiger partial charge in [-0.2, -0.15) is 0 Å². The van der Waals surface area contributed by atoms with Gasteiger partial charge in [-0.25, -0.2) is 0 Å². The number of aliphatic hydroxyl groups is 1. The van der Waals surface area contributed by atoms with Crippen molar-refractivity contribution in [2.45, 2.75) is 52.1 Å².